The van der Waals surface area contributed by atoms with Crippen LogP contribution in [0.5, 0.6) is 0 Å². The molecule has 0 fully saturated rings. The number of thioether (sulfide) groups is 4. The highest BCUT2D eigenvalue weighted by atomic mass is 32.3. The third kappa shape index (κ3) is 2.66. The average Bonchev–Trinajstić information content (AvgIpc) is 2.61. The molecule has 0 spiro atoms. The number of rotatable bonds is 3. The Balaban J connectivity index is 1.94. The fourth-order valence-corrected chi connectivity index (χ4v) is 9.40. The zero-order valence-corrected chi connectivity index (χ0v) is 11.8. The lowest BCUT2D eigenvalue weighted by atomic mass is 10.9. The first kappa shape index (κ1) is 11.7. The molecule has 0 bridgehead atoms. The maximum Gasteiger partial charge on any atom is 0.534 e. The Labute approximate surface area is 102 Å². The number of hydrogen-bond acceptors (Lipinski definition) is 6. The van der Waals surface area contributed by atoms with Gasteiger partial charge >= 0.3 is 8.03 Å². The summed E-state index contributed by atoms with van der Waals surface area (Å²) >= 11 is 7.22. The molecule has 78 valence electrons. The highest BCUT2D eigenvalue weighted by Gasteiger charge is 2.42. The molecule has 0 saturated carbocycles. The second-order valence-electron chi connectivity index (χ2n) is 2.52. The van der Waals surface area contributed by atoms with Crippen molar-refractivity contribution in [3.05, 3.63) is 8.47 Å². The predicted octanol–water partition coefficient (Wildman–Crippen LogP) is 4.14. The Morgan fingerprint density at radius 3 is 2.43 bits per heavy atom. The first-order valence-corrected chi connectivity index (χ1v) is 9.21. The van der Waals surface area contributed by atoms with Gasteiger partial charge in [-0.05, 0) is 35.0 Å². The highest BCUT2D eigenvalue weighted by molar-refractivity contribution is 8.41. The van der Waals surface area contributed by atoms with Crippen molar-refractivity contribution >= 4 is 55.1 Å². The molecule has 0 aliphatic carbocycles. The second-order valence-corrected chi connectivity index (χ2v) is 9.82. The molecule has 2 nitrogen and oxygen atoms in total. The monoisotopic (exact) mass is 285 g/mol. The van der Waals surface area contributed by atoms with Gasteiger partial charge in [0.2, 0.25) is 0 Å². The van der Waals surface area contributed by atoms with Gasteiger partial charge in [-0.2, -0.15) is 0 Å². The molecule has 0 aromatic heterocycles. The summed E-state index contributed by atoms with van der Waals surface area (Å²) in [5.74, 6) is 2.35. The summed E-state index contributed by atoms with van der Waals surface area (Å²) in [6.07, 6.45) is 0. The fourth-order valence-electron chi connectivity index (χ4n) is 1.03. The Morgan fingerprint density at radius 1 is 1.36 bits per heavy atom. The van der Waals surface area contributed by atoms with E-state index < -0.39 is 8.03 Å². The van der Waals surface area contributed by atoms with Gasteiger partial charge in [-0.1, -0.05) is 0 Å². The summed E-state index contributed by atoms with van der Waals surface area (Å²) in [6.45, 7) is 2.42. The SMILES string of the molecule is CCO[P+](=O)C1SC2=C(SCCS2)S1. The molecule has 0 saturated heterocycles. The molecular formula is C7H10O2PS4+. The minimum absolute atomic E-state index is 0.0908. The van der Waals surface area contributed by atoms with Crippen LogP contribution in [0.25, 0.3) is 0 Å². The maximum absolute atomic E-state index is 11.6. The van der Waals surface area contributed by atoms with E-state index in [2.05, 4.69) is 0 Å². The normalized spacial score (nSPS) is 23.9. The standard InChI is InChI=1S/C7H10O2PS4/c1-2-9-10(8)7-13-5-6(14-7)12-4-3-11-5/h7H,2-4H2,1H3/q+1. The van der Waals surface area contributed by atoms with Crippen LogP contribution in [-0.4, -0.2) is 22.4 Å². The van der Waals surface area contributed by atoms with Crippen LogP contribution < -0.4 is 0 Å². The van der Waals surface area contributed by atoms with Gasteiger partial charge in [-0.25, -0.2) is 0 Å². The van der Waals surface area contributed by atoms with E-state index in [0.717, 1.165) is 0 Å². The van der Waals surface area contributed by atoms with Crippen LogP contribution in [0, 0.1) is 0 Å². The van der Waals surface area contributed by atoms with Crippen molar-refractivity contribution in [2.45, 2.75) is 11.2 Å². The van der Waals surface area contributed by atoms with Gasteiger partial charge < -0.3 is 0 Å². The lowest BCUT2D eigenvalue weighted by molar-refractivity contribution is 0.352. The minimum atomic E-state index is -1.51. The van der Waals surface area contributed by atoms with Crippen molar-refractivity contribution < 1.29 is 9.09 Å². The summed E-state index contributed by atoms with van der Waals surface area (Å²) in [6, 6.07) is 0. The van der Waals surface area contributed by atoms with E-state index in [9.17, 15) is 4.57 Å². The topological polar surface area (TPSA) is 26.3 Å². The zero-order valence-electron chi connectivity index (χ0n) is 7.60. The minimum Gasteiger partial charge on any atom is -0.145 e. The molecule has 1 unspecified atom stereocenters. The molecule has 2 rings (SSSR count). The molecule has 2 aliphatic heterocycles. The molecule has 2 heterocycles. The Morgan fingerprint density at radius 2 is 1.93 bits per heavy atom. The van der Waals surface area contributed by atoms with Crippen molar-refractivity contribution in [1.29, 1.82) is 0 Å². The molecule has 0 amide bonds. The van der Waals surface area contributed by atoms with Crippen molar-refractivity contribution in [3.63, 3.8) is 0 Å². The maximum atomic E-state index is 11.6. The second kappa shape index (κ2) is 5.51. The molecule has 7 heteroatoms. The van der Waals surface area contributed by atoms with Gasteiger partial charge in [-0.15, -0.1) is 28.0 Å². The van der Waals surface area contributed by atoms with Crippen LogP contribution in [0.4, 0.5) is 0 Å². The van der Waals surface area contributed by atoms with Gasteiger partial charge in [-0.3, -0.25) is 0 Å². The van der Waals surface area contributed by atoms with Crippen LogP contribution in [0.3, 0.4) is 0 Å². The number of hydrogen-bond donors (Lipinski definition) is 0. The van der Waals surface area contributed by atoms with E-state index >= 15 is 0 Å². The molecular weight excluding hydrogens is 275 g/mol. The van der Waals surface area contributed by atoms with Crippen LogP contribution in [0.1, 0.15) is 6.92 Å². The van der Waals surface area contributed by atoms with Gasteiger partial charge in [0.1, 0.15) is 0 Å². The lowest BCUT2D eigenvalue weighted by Gasteiger charge is -2.08. The molecule has 0 aromatic carbocycles. The fraction of sp³-hybridized carbons (Fsp3) is 0.714. The highest BCUT2D eigenvalue weighted by Crippen LogP contribution is 2.63. The van der Waals surface area contributed by atoms with Crippen molar-refractivity contribution in [2.75, 3.05) is 18.1 Å². The van der Waals surface area contributed by atoms with Crippen LogP contribution in [0.2, 0.25) is 0 Å². The van der Waals surface area contributed by atoms with Crippen LogP contribution in [-0.2, 0) is 9.09 Å². The van der Waals surface area contributed by atoms with Crippen molar-refractivity contribution in [1.82, 2.24) is 0 Å². The van der Waals surface area contributed by atoms with E-state index in [1.165, 1.54) is 20.0 Å². The van der Waals surface area contributed by atoms with Crippen LogP contribution >= 0.6 is 55.1 Å². The summed E-state index contributed by atoms with van der Waals surface area (Å²) in [7, 11) is -1.51. The van der Waals surface area contributed by atoms with Gasteiger partial charge in [0.05, 0.1) is 15.1 Å². The molecule has 1 atom stereocenters. The molecule has 2 aliphatic rings. The summed E-state index contributed by atoms with van der Waals surface area (Å²) in [5.41, 5.74) is 0. The molecule has 0 aromatic rings. The van der Waals surface area contributed by atoms with Gasteiger partial charge in [0.15, 0.2) is 0 Å². The van der Waals surface area contributed by atoms with Gasteiger partial charge in [0.25, 0.3) is 4.32 Å². The smallest absolute Gasteiger partial charge is 0.145 e. The molecule has 14 heavy (non-hydrogen) atoms. The van der Waals surface area contributed by atoms with E-state index in [1.54, 1.807) is 23.5 Å². The Hall–Kier alpha value is 1.20. The summed E-state index contributed by atoms with van der Waals surface area (Å²) < 4.78 is 19.6. The van der Waals surface area contributed by atoms with Crippen molar-refractivity contribution in [3.8, 4) is 0 Å². The predicted molar refractivity (Wildman–Crippen MR) is 70.1 cm³/mol. The Kier molecular flexibility index (Phi) is 4.59. The van der Waals surface area contributed by atoms with E-state index in [4.69, 9.17) is 4.52 Å². The molecule has 0 radical (unpaired) electrons. The molecule has 0 N–H and O–H groups in total. The third-order valence-electron chi connectivity index (χ3n) is 1.56. The Bertz CT molecular complexity index is 263. The lowest BCUT2D eigenvalue weighted by Crippen LogP contribution is -1.88. The first-order valence-electron chi connectivity index (χ1n) is 4.23. The first-order chi connectivity index (χ1) is 6.81. The van der Waals surface area contributed by atoms with Crippen molar-refractivity contribution in [2.24, 2.45) is 0 Å². The van der Waals surface area contributed by atoms with E-state index in [0.29, 0.717) is 6.61 Å². The summed E-state index contributed by atoms with van der Waals surface area (Å²) in [5, 5.41) is 0. The third-order valence-corrected chi connectivity index (χ3v) is 9.71. The van der Waals surface area contributed by atoms with Crippen LogP contribution in [0.15, 0.2) is 8.47 Å². The zero-order chi connectivity index (χ0) is 9.97. The average molecular weight is 285 g/mol. The largest absolute Gasteiger partial charge is 0.534 e. The van der Waals surface area contributed by atoms with E-state index in [1.807, 2.05) is 30.4 Å². The van der Waals surface area contributed by atoms with Gasteiger partial charge in [0, 0.05) is 11.5 Å². The quantitative estimate of drug-likeness (QED) is 0.723. The summed E-state index contributed by atoms with van der Waals surface area (Å²) in [4.78, 5) is 0. The van der Waals surface area contributed by atoms with E-state index in [-0.39, 0.29) is 4.32 Å².